The molecule has 33 heavy (non-hydrogen) atoms. The van der Waals surface area contributed by atoms with E-state index in [4.69, 9.17) is 21.4 Å². The fourth-order valence-corrected chi connectivity index (χ4v) is 4.64. The molecule has 168 valence electrons. The Morgan fingerprint density at radius 2 is 1.88 bits per heavy atom. The molecule has 0 atom stereocenters. The predicted molar refractivity (Wildman–Crippen MR) is 132 cm³/mol. The van der Waals surface area contributed by atoms with Gasteiger partial charge in [-0.25, -0.2) is 4.68 Å². The monoisotopic (exact) mass is 477 g/mol. The first kappa shape index (κ1) is 21.7. The van der Waals surface area contributed by atoms with E-state index in [9.17, 15) is 4.79 Å². The molecule has 1 aliphatic rings. The number of thiophene rings is 1. The fourth-order valence-electron chi connectivity index (χ4n) is 3.78. The molecule has 0 aliphatic heterocycles. The van der Waals surface area contributed by atoms with Crippen molar-refractivity contribution in [2.24, 2.45) is 5.92 Å². The van der Waals surface area contributed by atoms with Gasteiger partial charge in [0.1, 0.15) is 5.75 Å². The summed E-state index contributed by atoms with van der Waals surface area (Å²) < 4.78 is 8.16. The second-order valence-electron chi connectivity index (χ2n) is 8.26. The van der Waals surface area contributed by atoms with E-state index in [2.05, 4.69) is 0 Å². The molecule has 7 heteroatoms. The zero-order valence-electron chi connectivity index (χ0n) is 18.3. The molecular weight excluding hydrogens is 454 g/mol. The summed E-state index contributed by atoms with van der Waals surface area (Å²) in [5.41, 5.74) is 2.58. The van der Waals surface area contributed by atoms with E-state index in [1.54, 1.807) is 10.7 Å². The summed E-state index contributed by atoms with van der Waals surface area (Å²) in [6.45, 7) is 3.11. The summed E-state index contributed by atoms with van der Waals surface area (Å²) in [7, 11) is 0. The fraction of sp³-hybridized carbons (Fsp3) is 0.231. The van der Waals surface area contributed by atoms with Gasteiger partial charge in [-0.15, -0.1) is 11.3 Å². The van der Waals surface area contributed by atoms with E-state index in [1.807, 2.05) is 77.9 Å². The molecule has 1 fully saturated rings. The van der Waals surface area contributed by atoms with Crippen molar-refractivity contribution >= 4 is 28.8 Å². The molecule has 0 spiro atoms. The standard InChI is InChI=1S/C26H24ClN3O2S/c1-18-21(17-29(16-19-13-14-19)25(31)24-12-7-15-33-24)26(32-23-11-6-5-10-22(23)27)30(28-18)20-8-3-2-4-9-20/h2-12,15,19H,13-14,16-17H2,1H3. The topological polar surface area (TPSA) is 47.4 Å². The molecule has 0 unspecified atom stereocenters. The number of rotatable bonds is 8. The van der Waals surface area contributed by atoms with Crippen molar-refractivity contribution in [2.75, 3.05) is 6.54 Å². The molecule has 0 N–H and O–H groups in total. The van der Waals surface area contributed by atoms with E-state index < -0.39 is 0 Å². The first-order valence-electron chi connectivity index (χ1n) is 11.0. The van der Waals surface area contributed by atoms with Crippen molar-refractivity contribution in [3.63, 3.8) is 0 Å². The molecule has 1 saturated carbocycles. The maximum atomic E-state index is 13.3. The van der Waals surface area contributed by atoms with Crippen molar-refractivity contribution in [1.82, 2.24) is 14.7 Å². The van der Waals surface area contributed by atoms with Crippen molar-refractivity contribution in [3.8, 4) is 17.3 Å². The van der Waals surface area contributed by atoms with E-state index in [0.29, 0.717) is 29.1 Å². The number of hydrogen-bond acceptors (Lipinski definition) is 4. The summed E-state index contributed by atoms with van der Waals surface area (Å²) in [5.74, 6) is 1.74. The Bertz CT molecular complexity index is 1250. The summed E-state index contributed by atoms with van der Waals surface area (Å²) in [6, 6.07) is 21.0. The quantitative estimate of drug-likeness (QED) is 0.282. The van der Waals surface area contributed by atoms with Crippen LogP contribution in [-0.4, -0.2) is 27.1 Å². The molecule has 0 bridgehead atoms. The smallest absolute Gasteiger partial charge is 0.264 e. The number of carbonyl (C=O) groups is 1. The van der Waals surface area contributed by atoms with Gasteiger partial charge >= 0.3 is 0 Å². The van der Waals surface area contributed by atoms with Gasteiger partial charge < -0.3 is 9.64 Å². The van der Waals surface area contributed by atoms with Crippen LogP contribution >= 0.6 is 22.9 Å². The Labute approximate surface area is 202 Å². The first-order valence-corrected chi connectivity index (χ1v) is 12.2. The molecular formula is C26H24ClN3O2S. The van der Waals surface area contributed by atoms with Crippen molar-refractivity contribution < 1.29 is 9.53 Å². The Morgan fingerprint density at radius 3 is 2.58 bits per heavy atom. The Hall–Kier alpha value is -3.09. The molecule has 2 aromatic heterocycles. The van der Waals surface area contributed by atoms with Crippen molar-refractivity contribution in [2.45, 2.75) is 26.3 Å². The average molecular weight is 478 g/mol. The lowest BCUT2D eigenvalue weighted by atomic mass is 10.2. The van der Waals surface area contributed by atoms with Gasteiger partial charge in [0.05, 0.1) is 33.4 Å². The lowest BCUT2D eigenvalue weighted by Crippen LogP contribution is -2.32. The van der Waals surface area contributed by atoms with E-state index in [-0.39, 0.29) is 5.91 Å². The van der Waals surface area contributed by atoms with Crippen LogP contribution in [0.5, 0.6) is 11.6 Å². The number of aromatic nitrogens is 2. The van der Waals surface area contributed by atoms with Gasteiger partial charge in [-0.05, 0) is 61.4 Å². The van der Waals surface area contributed by atoms with E-state index in [0.717, 1.165) is 28.4 Å². The number of para-hydroxylation sites is 2. The molecule has 0 saturated heterocycles. The van der Waals surface area contributed by atoms with Gasteiger partial charge in [-0.3, -0.25) is 4.79 Å². The number of carbonyl (C=O) groups excluding carboxylic acids is 1. The van der Waals surface area contributed by atoms with Crippen molar-refractivity contribution in [1.29, 1.82) is 0 Å². The normalized spacial score (nSPS) is 13.2. The highest BCUT2D eigenvalue weighted by atomic mass is 35.5. The van der Waals surface area contributed by atoms with Crippen LogP contribution in [0.2, 0.25) is 5.02 Å². The molecule has 5 nitrogen and oxygen atoms in total. The van der Waals surface area contributed by atoms with Crippen LogP contribution in [0.25, 0.3) is 5.69 Å². The van der Waals surface area contributed by atoms with Crippen molar-refractivity contribution in [3.05, 3.63) is 93.3 Å². The number of nitrogens with zero attached hydrogens (tertiary/aromatic N) is 3. The second kappa shape index (κ2) is 9.41. The minimum atomic E-state index is 0.0486. The van der Waals surface area contributed by atoms with Crippen LogP contribution in [0, 0.1) is 12.8 Å². The third kappa shape index (κ3) is 4.82. The summed E-state index contributed by atoms with van der Waals surface area (Å²) in [6.07, 6.45) is 2.33. The molecule has 5 rings (SSSR count). The highest BCUT2D eigenvalue weighted by Crippen LogP contribution is 2.36. The van der Waals surface area contributed by atoms with Gasteiger partial charge in [-0.1, -0.05) is 48.0 Å². The van der Waals surface area contributed by atoms with Crippen LogP contribution in [0.3, 0.4) is 0 Å². The average Bonchev–Trinajstić information content (AvgIpc) is 3.37. The lowest BCUT2D eigenvalue weighted by molar-refractivity contribution is 0.0738. The zero-order chi connectivity index (χ0) is 22.8. The Morgan fingerprint density at radius 1 is 1.12 bits per heavy atom. The Kier molecular flexibility index (Phi) is 6.20. The zero-order valence-corrected chi connectivity index (χ0v) is 19.9. The Balaban J connectivity index is 1.56. The lowest BCUT2D eigenvalue weighted by Gasteiger charge is -2.23. The maximum absolute atomic E-state index is 13.3. The van der Waals surface area contributed by atoms with Gasteiger partial charge in [0.25, 0.3) is 5.91 Å². The van der Waals surface area contributed by atoms with Crippen LogP contribution < -0.4 is 4.74 Å². The second-order valence-corrected chi connectivity index (χ2v) is 9.61. The van der Waals surface area contributed by atoms with Crippen LogP contribution in [0.1, 0.15) is 33.8 Å². The molecule has 0 radical (unpaired) electrons. The minimum absolute atomic E-state index is 0.0486. The van der Waals surface area contributed by atoms with E-state index in [1.165, 1.54) is 24.2 Å². The third-order valence-electron chi connectivity index (χ3n) is 5.72. The third-order valence-corrected chi connectivity index (χ3v) is 6.90. The van der Waals surface area contributed by atoms with Gasteiger partial charge in [0, 0.05) is 6.54 Å². The maximum Gasteiger partial charge on any atom is 0.264 e. The van der Waals surface area contributed by atoms with E-state index >= 15 is 0 Å². The number of hydrogen-bond donors (Lipinski definition) is 0. The molecule has 4 aromatic rings. The SMILES string of the molecule is Cc1nn(-c2ccccc2)c(Oc2ccccc2Cl)c1CN(CC1CC1)C(=O)c1cccs1. The molecule has 1 amide bonds. The number of aryl methyl sites for hydroxylation is 1. The first-order chi connectivity index (χ1) is 16.1. The highest BCUT2D eigenvalue weighted by Gasteiger charge is 2.30. The number of amides is 1. The largest absolute Gasteiger partial charge is 0.437 e. The number of halogens is 1. The molecule has 2 aromatic carbocycles. The van der Waals surface area contributed by atoms with Crippen LogP contribution in [-0.2, 0) is 6.54 Å². The minimum Gasteiger partial charge on any atom is -0.437 e. The number of benzene rings is 2. The number of ether oxygens (including phenoxy) is 1. The molecule has 2 heterocycles. The van der Waals surface area contributed by atoms with Crippen LogP contribution in [0.15, 0.2) is 72.1 Å². The van der Waals surface area contributed by atoms with Gasteiger partial charge in [-0.2, -0.15) is 5.10 Å². The summed E-state index contributed by atoms with van der Waals surface area (Å²) >= 11 is 7.89. The van der Waals surface area contributed by atoms with Crippen LogP contribution in [0.4, 0.5) is 0 Å². The van der Waals surface area contributed by atoms with Gasteiger partial charge in [0.2, 0.25) is 5.88 Å². The van der Waals surface area contributed by atoms with Gasteiger partial charge in [0.15, 0.2) is 0 Å². The summed E-state index contributed by atoms with van der Waals surface area (Å²) in [5, 5.41) is 7.25. The summed E-state index contributed by atoms with van der Waals surface area (Å²) in [4.78, 5) is 16.0. The highest BCUT2D eigenvalue weighted by molar-refractivity contribution is 7.12. The molecule has 1 aliphatic carbocycles. The predicted octanol–water partition coefficient (Wildman–Crippen LogP) is 6.74.